The maximum Gasteiger partial charge on any atom is 0.213 e. The molecule has 0 spiro atoms. The smallest absolute Gasteiger partial charge is 0.213 e. The number of halogens is 1. The van der Waals surface area contributed by atoms with Crippen LogP contribution < -0.4 is 0 Å². The summed E-state index contributed by atoms with van der Waals surface area (Å²) in [7, 11) is 0. The zero-order valence-electron chi connectivity index (χ0n) is 9.88. The van der Waals surface area contributed by atoms with Gasteiger partial charge in [-0.05, 0) is 24.3 Å². The van der Waals surface area contributed by atoms with E-state index in [2.05, 4.69) is 10.2 Å². The van der Waals surface area contributed by atoms with Gasteiger partial charge in [0.2, 0.25) is 5.78 Å². The molecule has 1 heterocycles. The van der Waals surface area contributed by atoms with Crippen LogP contribution in [0.1, 0.15) is 16.1 Å². The molecule has 3 nitrogen and oxygen atoms in total. The van der Waals surface area contributed by atoms with Crippen molar-refractivity contribution < 1.29 is 4.79 Å². The third-order valence-corrected chi connectivity index (χ3v) is 3.05. The molecule has 0 aliphatic heterocycles. The Kier molecular flexibility index (Phi) is 2.97. The van der Waals surface area contributed by atoms with Crippen LogP contribution in [0.3, 0.4) is 0 Å². The molecule has 92 valence electrons. The minimum atomic E-state index is -0.180. The van der Waals surface area contributed by atoms with Gasteiger partial charge >= 0.3 is 0 Å². The molecule has 1 aromatic heterocycles. The molecule has 0 aliphatic rings. The second-order valence-corrected chi connectivity index (χ2v) is 4.56. The Morgan fingerprint density at radius 2 is 1.79 bits per heavy atom. The van der Waals surface area contributed by atoms with Crippen molar-refractivity contribution in [2.45, 2.75) is 0 Å². The number of aromatic nitrogens is 2. The van der Waals surface area contributed by atoms with Crippen LogP contribution in [-0.2, 0) is 0 Å². The Morgan fingerprint density at radius 1 is 0.947 bits per heavy atom. The SMILES string of the molecule is O=C(c1cccc(Cl)c1)c1cc2ccccc2nn1. The topological polar surface area (TPSA) is 42.9 Å². The summed E-state index contributed by atoms with van der Waals surface area (Å²) in [6.45, 7) is 0. The number of hydrogen-bond donors (Lipinski definition) is 0. The Bertz CT molecular complexity index is 771. The maximum atomic E-state index is 12.3. The number of fused-ring (bicyclic) bond motifs is 1. The number of carbonyl (C=O) groups excluding carboxylic acids is 1. The van der Waals surface area contributed by atoms with E-state index in [1.807, 2.05) is 24.3 Å². The lowest BCUT2D eigenvalue weighted by atomic mass is 10.1. The standard InChI is InChI=1S/C15H9ClN2O/c16-12-6-3-5-11(8-12)15(19)14-9-10-4-1-2-7-13(10)17-18-14/h1-9H. The highest BCUT2D eigenvalue weighted by Crippen LogP contribution is 2.16. The maximum absolute atomic E-state index is 12.3. The molecule has 0 radical (unpaired) electrons. The largest absolute Gasteiger partial charge is 0.287 e. The molecule has 2 aromatic carbocycles. The quantitative estimate of drug-likeness (QED) is 0.668. The molecule has 0 saturated heterocycles. The summed E-state index contributed by atoms with van der Waals surface area (Å²) in [6, 6.07) is 16.1. The van der Waals surface area contributed by atoms with E-state index in [4.69, 9.17) is 11.6 Å². The molecule has 0 amide bonds. The second kappa shape index (κ2) is 4.78. The van der Waals surface area contributed by atoms with E-state index in [0.29, 0.717) is 16.3 Å². The molecule has 4 heteroatoms. The van der Waals surface area contributed by atoms with Gasteiger partial charge in [-0.25, -0.2) is 0 Å². The average Bonchev–Trinajstić information content (AvgIpc) is 2.46. The molecule has 0 N–H and O–H groups in total. The van der Waals surface area contributed by atoms with E-state index in [9.17, 15) is 4.79 Å². The predicted octanol–water partition coefficient (Wildman–Crippen LogP) is 3.51. The summed E-state index contributed by atoms with van der Waals surface area (Å²) < 4.78 is 0. The Hall–Kier alpha value is -2.26. The van der Waals surface area contributed by atoms with Crippen LogP contribution in [0.4, 0.5) is 0 Å². The zero-order valence-corrected chi connectivity index (χ0v) is 10.6. The highest BCUT2D eigenvalue weighted by molar-refractivity contribution is 6.31. The molecule has 19 heavy (non-hydrogen) atoms. The lowest BCUT2D eigenvalue weighted by Gasteiger charge is -2.02. The molecule has 3 aromatic rings. The van der Waals surface area contributed by atoms with Crippen LogP contribution in [0.5, 0.6) is 0 Å². The van der Waals surface area contributed by atoms with Gasteiger partial charge in [0.1, 0.15) is 5.69 Å². The van der Waals surface area contributed by atoms with Gasteiger partial charge in [-0.1, -0.05) is 41.9 Å². The van der Waals surface area contributed by atoms with Crippen LogP contribution in [0.15, 0.2) is 54.6 Å². The van der Waals surface area contributed by atoms with Crippen LogP contribution >= 0.6 is 11.6 Å². The molecule has 0 bridgehead atoms. The monoisotopic (exact) mass is 268 g/mol. The van der Waals surface area contributed by atoms with Gasteiger partial charge in [-0.2, -0.15) is 0 Å². The number of nitrogens with zero attached hydrogens (tertiary/aromatic N) is 2. The summed E-state index contributed by atoms with van der Waals surface area (Å²) >= 11 is 5.88. The van der Waals surface area contributed by atoms with E-state index in [-0.39, 0.29) is 5.78 Å². The predicted molar refractivity (Wildman–Crippen MR) is 74.4 cm³/mol. The fourth-order valence-electron chi connectivity index (χ4n) is 1.87. The lowest BCUT2D eigenvalue weighted by molar-refractivity contribution is 0.103. The first-order valence-corrected chi connectivity index (χ1v) is 6.14. The molecular formula is C15H9ClN2O. The molecular weight excluding hydrogens is 260 g/mol. The molecule has 0 saturated carbocycles. The number of carbonyl (C=O) groups is 1. The van der Waals surface area contributed by atoms with Crippen molar-refractivity contribution in [3.63, 3.8) is 0 Å². The summed E-state index contributed by atoms with van der Waals surface area (Å²) in [5.41, 5.74) is 1.60. The third kappa shape index (κ3) is 2.33. The first-order chi connectivity index (χ1) is 9.24. The van der Waals surface area contributed by atoms with E-state index in [1.54, 1.807) is 30.3 Å². The van der Waals surface area contributed by atoms with Crippen molar-refractivity contribution in [1.29, 1.82) is 0 Å². The highest BCUT2D eigenvalue weighted by Gasteiger charge is 2.12. The van der Waals surface area contributed by atoms with Crippen LogP contribution in [0.25, 0.3) is 10.9 Å². The number of ketones is 1. The average molecular weight is 269 g/mol. The second-order valence-electron chi connectivity index (χ2n) is 4.13. The van der Waals surface area contributed by atoms with Crippen molar-refractivity contribution in [2.24, 2.45) is 0 Å². The third-order valence-electron chi connectivity index (χ3n) is 2.81. The number of hydrogen-bond acceptors (Lipinski definition) is 3. The Labute approximate surface area is 114 Å². The summed E-state index contributed by atoms with van der Waals surface area (Å²) in [6.07, 6.45) is 0. The van der Waals surface area contributed by atoms with Gasteiger partial charge in [0.25, 0.3) is 0 Å². The first-order valence-electron chi connectivity index (χ1n) is 5.77. The zero-order chi connectivity index (χ0) is 13.2. The van der Waals surface area contributed by atoms with E-state index in [0.717, 1.165) is 10.9 Å². The van der Waals surface area contributed by atoms with Gasteiger partial charge < -0.3 is 0 Å². The van der Waals surface area contributed by atoms with Gasteiger partial charge in [0.15, 0.2) is 0 Å². The van der Waals surface area contributed by atoms with E-state index < -0.39 is 0 Å². The number of rotatable bonds is 2. The van der Waals surface area contributed by atoms with Crippen LogP contribution in [-0.4, -0.2) is 16.0 Å². The highest BCUT2D eigenvalue weighted by atomic mass is 35.5. The van der Waals surface area contributed by atoms with Crippen molar-refractivity contribution in [3.8, 4) is 0 Å². The summed E-state index contributed by atoms with van der Waals surface area (Å²) in [5, 5.41) is 9.44. The minimum absolute atomic E-state index is 0.180. The van der Waals surface area contributed by atoms with Gasteiger partial charge in [0, 0.05) is 16.0 Å². The minimum Gasteiger partial charge on any atom is -0.287 e. The summed E-state index contributed by atoms with van der Waals surface area (Å²) in [4.78, 5) is 12.3. The normalized spacial score (nSPS) is 10.6. The van der Waals surface area contributed by atoms with Crippen LogP contribution in [0, 0.1) is 0 Å². The Morgan fingerprint density at radius 3 is 2.63 bits per heavy atom. The van der Waals surface area contributed by atoms with Gasteiger partial charge in [-0.15, -0.1) is 10.2 Å². The molecule has 3 rings (SSSR count). The van der Waals surface area contributed by atoms with Crippen molar-refractivity contribution in [3.05, 3.63) is 70.9 Å². The lowest BCUT2D eigenvalue weighted by Crippen LogP contribution is -2.05. The van der Waals surface area contributed by atoms with E-state index >= 15 is 0 Å². The van der Waals surface area contributed by atoms with Gasteiger partial charge in [-0.3, -0.25) is 4.79 Å². The molecule has 0 atom stereocenters. The first kappa shape index (κ1) is 11.8. The van der Waals surface area contributed by atoms with E-state index in [1.165, 1.54) is 0 Å². The fraction of sp³-hybridized carbons (Fsp3) is 0. The van der Waals surface area contributed by atoms with Crippen molar-refractivity contribution in [1.82, 2.24) is 10.2 Å². The molecule has 0 unspecified atom stereocenters. The summed E-state index contributed by atoms with van der Waals surface area (Å²) in [5.74, 6) is -0.180. The number of benzene rings is 2. The molecule has 0 fully saturated rings. The molecule has 0 aliphatic carbocycles. The van der Waals surface area contributed by atoms with Gasteiger partial charge in [0.05, 0.1) is 5.52 Å². The van der Waals surface area contributed by atoms with Crippen LogP contribution in [0.2, 0.25) is 5.02 Å². The van der Waals surface area contributed by atoms with Crippen molar-refractivity contribution >= 4 is 28.3 Å². The van der Waals surface area contributed by atoms with Crippen molar-refractivity contribution in [2.75, 3.05) is 0 Å². The Balaban J connectivity index is 2.06. The fourth-order valence-corrected chi connectivity index (χ4v) is 2.06.